The van der Waals surface area contributed by atoms with Crippen molar-refractivity contribution in [1.82, 2.24) is 15.5 Å². The van der Waals surface area contributed by atoms with E-state index in [4.69, 9.17) is 14.0 Å². The zero-order chi connectivity index (χ0) is 14.5. The monoisotopic (exact) mass is 293 g/mol. The number of hydrogen-bond donors (Lipinski definition) is 1. The Bertz CT molecular complexity index is 584. The molecular formula is C14H16FN3O3. The van der Waals surface area contributed by atoms with Gasteiger partial charge in [-0.05, 0) is 12.1 Å². The Morgan fingerprint density at radius 2 is 2.29 bits per heavy atom. The number of rotatable bonds is 5. The van der Waals surface area contributed by atoms with Crippen molar-refractivity contribution in [2.75, 3.05) is 19.7 Å². The number of morpholine rings is 1. The van der Waals surface area contributed by atoms with E-state index in [2.05, 4.69) is 15.5 Å². The van der Waals surface area contributed by atoms with E-state index >= 15 is 0 Å². The molecular weight excluding hydrogens is 277 g/mol. The summed E-state index contributed by atoms with van der Waals surface area (Å²) in [4.78, 5) is 4.22. The minimum atomic E-state index is -0.414. The van der Waals surface area contributed by atoms with Gasteiger partial charge in [0.2, 0.25) is 11.7 Å². The predicted octanol–water partition coefficient (Wildman–Crippen LogP) is 1.32. The highest BCUT2D eigenvalue weighted by Crippen LogP contribution is 2.16. The zero-order valence-electron chi connectivity index (χ0n) is 11.4. The van der Waals surface area contributed by atoms with Crippen molar-refractivity contribution in [3.8, 4) is 5.75 Å². The van der Waals surface area contributed by atoms with E-state index in [1.165, 1.54) is 6.07 Å². The highest BCUT2D eigenvalue weighted by molar-refractivity contribution is 5.23. The molecule has 1 unspecified atom stereocenters. The second kappa shape index (κ2) is 6.64. The van der Waals surface area contributed by atoms with Crippen LogP contribution in [0.2, 0.25) is 0 Å². The van der Waals surface area contributed by atoms with E-state index < -0.39 is 5.82 Å². The third kappa shape index (κ3) is 3.77. The lowest BCUT2D eigenvalue weighted by molar-refractivity contribution is 0.0246. The standard InChI is InChI=1S/C14H16FN3O3/c15-11-3-1-2-4-12(11)20-9-13-17-14(21-18-13)7-10-8-16-5-6-19-10/h1-4,10,16H,5-9H2. The average Bonchev–Trinajstić information content (AvgIpc) is 2.95. The van der Waals surface area contributed by atoms with Gasteiger partial charge in [0.05, 0.1) is 19.1 Å². The summed E-state index contributed by atoms with van der Waals surface area (Å²) >= 11 is 0. The molecule has 0 amide bonds. The summed E-state index contributed by atoms with van der Waals surface area (Å²) in [5.74, 6) is 0.638. The van der Waals surface area contributed by atoms with Crippen LogP contribution in [0, 0.1) is 5.82 Å². The summed E-state index contributed by atoms with van der Waals surface area (Å²) in [5.41, 5.74) is 0. The smallest absolute Gasteiger partial charge is 0.229 e. The summed E-state index contributed by atoms with van der Waals surface area (Å²) in [5, 5.41) is 7.05. The van der Waals surface area contributed by atoms with Crippen LogP contribution in [0.5, 0.6) is 5.75 Å². The first-order chi connectivity index (χ1) is 10.3. The van der Waals surface area contributed by atoms with Gasteiger partial charge in [-0.15, -0.1) is 0 Å². The molecule has 6 nitrogen and oxygen atoms in total. The summed E-state index contributed by atoms with van der Waals surface area (Å²) in [6.45, 7) is 2.38. The van der Waals surface area contributed by atoms with Crippen LogP contribution in [0.1, 0.15) is 11.7 Å². The van der Waals surface area contributed by atoms with Gasteiger partial charge in [-0.1, -0.05) is 17.3 Å². The van der Waals surface area contributed by atoms with E-state index in [1.807, 2.05) is 0 Å². The lowest BCUT2D eigenvalue weighted by Gasteiger charge is -2.21. The molecule has 7 heteroatoms. The fourth-order valence-corrected chi connectivity index (χ4v) is 2.08. The molecule has 1 aliphatic heterocycles. The molecule has 1 aromatic heterocycles. The molecule has 2 heterocycles. The number of aromatic nitrogens is 2. The quantitative estimate of drug-likeness (QED) is 0.896. The molecule has 0 bridgehead atoms. The number of benzene rings is 1. The molecule has 1 N–H and O–H groups in total. The van der Waals surface area contributed by atoms with E-state index in [0.717, 1.165) is 13.1 Å². The van der Waals surface area contributed by atoms with E-state index in [9.17, 15) is 4.39 Å². The lowest BCUT2D eigenvalue weighted by Crippen LogP contribution is -2.39. The molecule has 2 aromatic rings. The summed E-state index contributed by atoms with van der Waals surface area (Å²) in [7, 11) is 0. The number of ether oxygens (including phenoxy) is 2. The van der Waals surface area contributed by atoms with Crippen molar-refractivity contribution in [3.63, 3.8) is 0 Å². The summed E-state index contributed by atoms with van der Waals surface area (Å²) in [6, 6.07) is 6.20. The van der Waals surface area contributed by atoms with Gasteiger partial charge in [-0.3, -0.25) is 0 Å². The van der Waals surface area contributed by atoms with Crippen molar-refractivity contribution < 1.29 is 18.4 Å². The number of nitrogens with one attached hydrogen (secondary N) is 1. The minimum Gasteiger partial charge on any atom is -0.482 e. The van der Waals surface area contributed by atoms with E-state index in [0.29, 0.717) is 24.7 Å². The van der Waals surface area contributed by atoms with Crippen molar-refractivity contribution in [2.45, 2.75) is 19.1 Å². The Morgan fingerprint density at radius 1 is 1.38 bits per heavy atom. The third-order valence-corrected chi connectivity index (χ3v) is 3.11. The van der Waals surface area contributed by atoms with Gasteiger partial charge < -0.3 is 19.3 Å². The maximum absolute atomic E-state index is 13.4. The maximum Gasteiger partial charge on any atom is 0.229 e. The van der Waals surface area contributed by atoms with Crippen LogP contribution >= 0.6 is 0 Å². The molecule has 1 aromatic carbocycles. The van der Waals surface area contributed by atoms with Crippen molar-refractivity contribution in [2.24, 2.45) is 0 Å². The first-order valence-electron chi connectivity index (χ1n) is 6.82. The molecule has 112 valence electrons. The van der Waals surface area contributed by atoms with E-state index in [1.54, 1.807) is 18.2 Å². The maximum atomic E-state index is 13.4. The molecule has 0 radical (unpaired) electrons. The molecule has 21 heavy (non-hydrogen) atoms. The normalized spacial score (nSPS) is 18.6. The number of para-hydroxylation sites is 1. The van der Waals surface area contributed by atoms with Crippen LogP contribution in [0.4, 0.5) is 4.39 Å². The SMILES string of the molecule is Fc1ccccc1OCc1noc(CC2CNCCO2)n1. The fourth-order valence-electron chi connectivity index (χ4n) is 2.08. The topological polar surface area (TPSA) is 69.4 Å². The van der Waals surface area contributed by atoms with Gasteiger partial charge in [0.25, 0.3) is 0 Å². The van der Waals surface area contributed by atoms with Crippen LogP contribution in [-0.4, -0.2) is 35.9 Å². The summed E-state index contributed by atoms with van der Waals surface area (Å²) < 4.78 is 29.4. The Balaban J connectivity index is 1.54. The number of halogens is 1. The van der Waals surface area contributed by atoms with Gasteiger partial charge in [0.15, 0.2) is 18.2 Å². The largest absolute Gasteiger partial charge is 0.482 e. The Labute approximate surface area is 121 Å². The van der Waals surface area contributed by atoms with Crippen molar-refractivity contribution in [1.29, 1.82) is 0 Å². The minimum absolute atomic E-state index is 0.0412. The first kappa shape index (κ1) is 14.0. The second-order valence-electron chi connectivity index (χ2n) is 4.72. The molecule has 3 rings (SSSR count). The second-order valence-corrected chi connectivity index (χ2v) is 4.72. The molecule has 1 atom stereocenters. The Kier molecular flexibility index (Phi) is 4.42. The molecule has 1 saturated heterocycles. The molecule has 1 fully saturated rings. The van der Waals surface area contributed by atoms with Crippen molar-refractivity contribution >= 4 is 0 Å². The van der Waals surface area contributed by atoms with Gasteiger partial charge in [-0.25, -0.2) is 4.39 Å². The van der Waals surface area contributed by atoms with E-state index in [-0.39, 0.29) is 18.5 Å². The van der Waals surface area contributed by atoms with Crippen LogP contribution < -0.4 is 10.1 Å². The van der Waals surface area contributed by atoms with Gasteiger partial charge in [-0.2, -0.15) is 4.98 Å². The number of nitrogens with zero attached hydrogens (tertiary/aromatic N) is 2. The fraction of sp³-hybridized carbons (Fsp3) is 0.429. The molecule has 0 spiro atoms. The molecule has 0 saturated carbocycles. The highest BCUT2D eigenvalue weighted by Gasteiger charge is 2.18. The first-order valence-corrected chi connectivity index (χ1v) is 6.82. The summed E-state index contributed by atoms with van der Waals surface area (Å²) in [6.07, 6.45) is 0.596. The van der Waals surface area contributed by atoms with Crippen LogP contribution in [-0.2, 0) is 17.8 Å². The highest BCUT2D eigenvalue weighted by atomic mass is 19.1. The van der Waals surface area contributed by atoms with Crippen LogP contribution in [0.15, 0.2) is 28.8 Å². The van der Waals surface area contributed by atoms with Gasteiger partial charge in [0.1, 0.15) is 0 Å². The zero-order valence-corrected chi connectivity index (χ0v) is 11.4. The third-order valence-electron chi connectivity index (χ3n) is 3.11. The Morgan fingerprint density at radius 3 is 3.10 bits per heavy atom. The van der Waals surface area contributed by atoms with Gasteiger partial charge in [0, 0.05) is 13.1 Å². The predicted molar refractivity (Wildman–Crippen MR) is 71.3 cm³/mol. The molecule has 1 aliphatic rings. The average molecular weight is 293 g/mol. The Hall–Kier alpha value is -1.99. The van der Waals surface area contributed by atoms with Gasteiger partial charge >= 0.3 is 0 Å². The van der Waals surface area contributed by atoms with Crippen LogP contribution in [0.3, 0.4) is 0 Å². The lowest BCUT2D eigenvalue weighted by atomic mass is 10.2. The molecule has 0 aliphatic carbocycles. The van der Waals surface area contributed by atoms with Crippen molar-refractivity contribution in [3.05, 3.63) is 41.8 Å². The van der Waals surface area contributed by atoms with Crippen LogP contribution in [0.25, 0.3) is 0 Å². The number of hydrogen-bond acceptors (Lipinski definition) is 6.